The van der Waals surface area contributed by atoms with Crippen molar-refractivity contribution >= 4 is 11.0 Å². The van der Waals surface area contributed by atoms with Crippen LogP contribution in [0.5, 0.6) is 0 Å². The second-order valence-electron chi connectivity index (χ2n) is 5.79. The zero-order valence-electron chi connectivity index (χ0n) is 13.6. The van der Waals surface area contributed by atoms with Gasteiger partial charge in [0.05, 0.1) is 6.54 Å². The minimum atomic E-state index is 0.464. The fraction of sp³-hybridized carbons (Fsp3) is 0.556. The number of fused-ring (bicyclic) bond motifs is 1. The van der Waals surface area contributed by atoms with Gasteiger partial charge in [0.25, 0.3) is 0 Å². The molecule has 1 atom stereocenters. The number of para-hydroxylation sites is 1. The van der Waals surface area contributed by atoms with Crippen LogP contribution in [0.4, 0.5) is 0 Å². The Morgan fingerprint density at radius 3 is 2.67 bits per heavy atom. The highest BCUT2D eigenvalue weighted by atomic mass is 16.3. The van der Waals surface area contributed by atoms with Gasteiger partial charge in [-0.1, -0.05) is 38.5 Å². The molecule has 1 unspecified atom stereocenters. The molecule has 0 saturated carbocycles. The van der Waals surface area contributed by atoms with E-state index in [9.17, 15) is 0 Å². The molecule has 1 aromatic carbocycles. The van der Waals surface area contributed by atoms with Crippen LogP contribution < -0.4 is 5.73 Å². The maximum atomic E-state index is 5.92. The van der Waals surface area contributed by atoms with Crippen molar-refractivity contribution in [2.24, 2.45) is 5.73 Å². The van der Waals surface area contributed by atoms with E-state index in [1.165, 1.54) is 23.8 Å². The Labute approximate surface area is 128 Å². The molecule has 2 aromatic rings. The molecule has 1 heterocycles. The van der Waals surface area contributed by atoms with Crippen molar-refractivity contribution in [1.82, 2.24) is 4.90 Å². The minimum Gasteiger partial charge on any atom is -0.459 e. The molecule has 0 saturated heterocycles. The van der Waals surface area contributed by atoms with E-state index in [4.69, 9.17) is 10.2 Å². The number of unbranched alkanes of at least 4 members (excludes halogenated alkanes) is 1. The van der Waals surface area contributed by atoms with E-state index in [0.29, 0.717) is 12.6 Å². The summed E-state index contributed by atoms with van der Waals surface area (Å²) in [6.07, 6.45) is 3.62. The first kappa shape index (κ1) is 16.1. The van der Waals surface area contributed by atoms with Crippen LogP contribution in [0.25, 0.3) is 11.0 Å². The predicted octanol–water partition coefficient (Wildman–Crippen LogP) is 4.29. The highest BCUT2D eigenvalue weighted by Crippen LogP contribution is 2.27. The molecule has 0 radical (unpaired) electrons. The molecular formula is C18H28N2O. The summed E-state index contributed by atoms with van der Waals surface area (Å²) >= 11 is 0. The number of benzene rings is 1. The fourth-order valence-electron chi connectivity index (χ4n) is 2.77. The van der Waals surface area contributed by atoms with Crippen molar-refractivity contribution in [2.75, 3.05) is 6.54 Å². The summed E-state index contributed by atoms with van der Waals surface area (Å²) in [5, 5.41) is 1.21. The molecule has 0 aliphatic carbocycles. The van der Waals surface area contributed by atoms with Gasteiger partial charge in [-0.3, -0.25) is 4.90 Å². The monoisotopic (exact) mass is 288 g/mol. The third kappa shape index (κ3) is 3.66. The third-order valence-corrected chi connectivity index (χ3v) is 4.34. The van der Waals surface area contributed by atoms with Crippen LogP contribution in [0.2, 0.25) is 0 Å². The van der Waals surface area contributed by atoms with E-state index >= 15 is 0 Å². The van der Waals surface area contributed by atoms with Gasteiger partial charge in [0, 0.05) is 23.5 Å². The number of hydrogen-bond donors (Lipinski definition) is 1. The largest absolute Gasteiger partial charge is 0.459 e. The minimum absolute atomic E-state index is 0.464. The molecule has 0 aliphatic heterocycles. The summed E-state index contributed by atoms with van der Waals surface area (Å²) in [5.41, 5.74) is 8.11. The maximum Gasteiger partial charge on any atom is 0.134 e. The Morgan fingerprint density at radius 1 is 1.24 bits per heavy atom. The van der Waals surface area contributed by atoms with Crippen molar-refractivity contribution < 1.29 is 4.42 Å². The number of nitrogens with two attached hydrogens (primary N) is 1. The van der Waals surface area contributed by atoms with Gasteiger partial charge in [0.2, 0.25) is 0 Å². The molecule has 0 aliphatic rings. The summed E-state index contributed by atoms with van der Waals surface area (Å²) in [5.74, 6) is 0.931. The fourth-order valence-corrected chi connectivity index (χ4v) is 2.77. The lowest BCUT2D eigenvalue weighted by Crippen LogP contribution is -2.33. The lowest BCUT2D eigenvalue weighted by atomic mass is 10.1. The summed E-state index contributed by atoms with van der Waals surface area (Å²) < 4.78 is 5.92. The maximum absolute atomic E-state index is 5.92. The molecule has 0 spiro atoms. The molecule has 1 aromatic heterocycles. The van der Waals surface area contributed by atoms with Gasteiger partial charge < -0.3 is 10.2 Å². The molecule has 2 rings (SSSR count). The molecule has 3 nitrogen and oxygen atoms in total. The summed E-state index contributed by atoms with van der Waals surface area (Å²) in [6.45, 7) is 9.33. The standard InChI is InChI=1S/C18H28N2O/c1-4-6-11-20(14(3)5-2)13-16-15-9-7-8-10-17(15)21-18(16)12-19/h7-10,14H,4-6,11-13,19H2,1-3H3. The molecule has 0 bridgehead atoms. The molecule has 116 valence electrons. The summed E-state index contributed by atoms with van der Waals surface area (Å²) in [6, 6.07) is 8.83. The first-order valence-electron chi connectivity index (χ1n) is 8.14. The Balaban J connectivity index is 2.30. The number of rotatable bonds is 8. The van der Waals surface area contributed by atoms with Crippen molar-refractivity contribution in [3.05, 3.63) is 35.6 Å². The van der Waals surface area contributed by atoms with Gasteiger partial charge in [0.1, 0.15) is 11.3 Å². The van der Waals surface area contributed by atoms with Gasteiger partial charge in [-0.15, -0.1) is 0 Å². The zero-order valence-corrected chi connectivity index (χ0v) is 13.6. The van der Waals surface area contributed by atoms with Crippen LogP contribution in [0, 0.1) is 0 Å². The van der Waals surface area contributed by atoms with Crippen LogP contribution in [0.1, 0.15) is 51.4 Å². The van der Waals surface area contributed by atoms with Gasteiger partial charge in [-0.05, 0) is 32.4 Å². The van der Waals surface area contributed by atoms with Crippen LogP contribution in [-0.4, -0.2) is 17.5 Å². The van der Waals surface area contributed by atoms with Gasteiger partial charge in [0.15, 0.2) is 0 Å². The van der Waals surface area contributed by atoms with Crippen molar-refractivity contribution in [3.63, 3.8) is 0 Å². The second kappa shape index (κ2) is 7.62. The van der Waals surface area contributed by atoms with Crippen molar-refractivity contribution in [1.29, 1.82) is 0 Å². The highest BCUT2D eigenvalue weighted by molar-refractivity contribution is 5.82. The summed E-state index contributed by atoms with van der Waals surface area (Å²) in [4.78, 5) is 2.56. The van der Waals surface area contributed by atoms with E-state index < -0.39 is 0 Å². The third-order valence-electron chi connectivity index (χ3n) is 4.34. The zero-order chi connectivity index (χ0) is 15.2. The normalized spacial score (nSPS) is 13.2. The van der Waals surface area contributed by atoms with Gasteiger partial charge in [-0.2, -0.15) is 0 Å². The lowest BCUT2D eigenvalue weighted by Gasteiger charge is -2.28. The van der Waals surface area contributed by atoms with E-state index in [1.807, 2.05) is 12.1 Å². The van der Waals surface area contributed by atoms with Crippen LogP contribution in [0.15, 0.2) is 28.7 Å². The topological polar surface area (TPSA) is 42.4 Å². The Morgan fingerprint density at radius 2 is 2.00 bits per heavy atom. The van der Waals surface area contributed by atoms with Crippen LogP contribution in [0.3, 0.4) is 0 Å². The number of hydrogen-bond acceptors (Lipinski definition) is 3. The molecule has 0 amide bonds. The molecule has 3 heteroatoms. The molecule has 2 N–H and O–H groups in total. The molecule has 0 fully saturated rings. The molecular weight excluding hydrogens is 260 g/mol. The number of furan rings is 1. The van der Waals surface area contributed by atoms with E-state index in [2.05, 4.69) is 37.8 Å². The summed E-state index contributed by atoms with van der Waals surface area (Å²) in [7, 11) is 0. The Kier molecular flexibility index (Phi) is 5.83. The van der Waals surface area contributed by atoms with Crippen LogP contribution >= 0.6 is 0 Å². The van der Waals surface area contributed by atoms with Gasteiger partial charge in [-0.25, -0.2) is 0 Å². The molecule has 21 heavy (non-hydrogen) atoms. The average Bonchev–Trinajstić information content (AvgIpc) is 2.88. The van der Waals surface area contributed by atoms with E-state index in [-0.39, 0.29) is 0 Å². The number of nitrogens with zero attached hydrogens (tertiary/aromatic N) is 1. The van der Waals surface area contributed by atoms with Crippen LogP contribution in [-0.2, 0) is 13.1 Å². The second-order valence-corrected chi connectivity index (χ2v) is 5.79. The SMILES string of the molecule is CCCCN(Cc1c(CN)oc2ccccc12)C(C)CC. The highest BCUT2D eigenvalue weighted by Gasteiger charge is 2.18. The van der Waals surface area contributed by atoms with Crippen molar-refractivity contribution in [2.45, 2.75) is 59.2 Å². The van der Waals surface area contributed by atoms with Gasteiger partial charge >= 0.3 is 0 Å². The van der Waals surface area contributed by atoms with E-state index in [0.717, 1.165) is 30.9 Å². The lowest BCUT2D eigenvalue weighted by molar-refractivity contribution is 0.191. The first-order chi connectivity index (χ1) is 10.2. The average molecular weight is 288 g/mol. The Hall–Kier alpha value is -1.32. The predicted molar refractivity (Wildman–Crippen MR) is 89.2 cm³/mol. The quantitative estimate of drug-likeness (QED) is 0.788. The smallest absolute Gasteiger partial charge is 0.134 e. The van der Waals surface area contributed by atoms with Crippen molar-refractivity contribution in [3.8, 4) is 0 Å². The first-order valence-corrected chi connectivity index (χ1v) is 8.14. The van der Waals surface area contributed by atoms with E-state index in [1.54, 1.807) is 0 Å². The Bertz CT molecular complexity index is 561.